The number of halogens is 5. The summed E-state index contributed by atoms with van der Waals surface area (Å²) in [4.78, 5) is 11.2. The Hall–Kier alpha value is -2.79. The number of aliphatic hydroxyl groups is 2. The fourth-order valence-corrected chi connectivity index (χ4v) is 6.14. The topological polar surface area (TPSA) is 161 Å². The van der Waals surface area contributed by atoms with E-state index in [-0.39, 0.29) is 21.3 Å². The fourth-order valence-electron chi connectivity index (χ4n) is 4.10. The second-order valence-electron chi connectivity index (χ2n) is 8.75. The zero-order valence-corrected chi connectivity index (χ0v) is 22.5. The number of carboxylic acid groups (broad SMARTS) is 1. The molecule has 0 saturated carbocycles. The van der Waals surface area contributed by atoms with Gasteiger partial charge in [-0.1, -0.05) is 28.4 Å². The van der Waals surface area contributed by atoms with Crippen molar-refractivity contribution in [3.8, 4) is 11.3 Å². The molecule has 0 radical (unpaired) electrons. The zero-order valence-electron chi connectivity index (χ0n) is 20.2. The lowest BCUT2D eigenvalue weighted by molar-refractivity contribution is -0.209. The molecular formula is C23H20Cl2F3N3O8S. The summed E-state index contributed by atoms with van der Waals surface area (Å²) < 4.78 is 80.4. The molecule has 1 aromatic heterocycles. The number of hydrogen-bond donors (Lipinski definition) is 3. The van der Waals surface area contributed by atoms with E-state index in [1.807, 2.05) is 0 Å². The number of aliphatic carboxylic acids is 1. The van der Waals surface area contributed by atoms with Gasteiger partial charge in [-0.2, -0.15) is 0 Å². The van der Waals surface area contributed by atoms with E-state index in [2.05, 4.69) is 10.3 Å². The lowest BCUT2D eigenvalue weighted by Crippen LogP contribution is -2.59. The van der Waals surface area contributed by atoms with Crippen LogP contribution in [0, 0.1) is 17.5 Å². The summed E-state index contributed by atoms with van der Waals surface area (Å²) in [6, 6.07) is 3.05. The summed E-state index contributed by atoms with van der Waals surface area (Å²) in [5.74, 6) is -6.23. The SMILES string of the molecule is CC(O[C@@H]1[C@@H](n2cc(-c3cc(F)c(F)c(F)c3)nn2)[C@@H](O)[C@@H](CO)O[C@@H]1S(=O)(=O)c1ccc(Cl)c(Cl)c1)C(=O)O. The number of benzene rings is 2. The molecule has 1 aliphatic rings. The van der Waals surface area contributed by atoms with Crippen LogP contribution in [-0.4, -0.2) is 81.2 Å². The Morgan fingerprint density at radius 1 is 1.18 bits per heavy atom. The van der Waals surface area contributed by atoms with Crippen molar-refractivity contribution in [3.63, 3.8) is 0 Å². The molecule has 1 aliphatic heterocycles. The first-order valence-corrected chi connectivity index (χ1v) is 13.6. The van der Waals surface area contributed by atoms with E-state index < -0.39 is 80.7 Å². The highest BCUT2D eigenvalue weighted by Crippen LogP contribution is 2.38. The lowest BCUT2D eigenvalue weighted by atomic mass is 9.97. The number of aromatic nitrogens is 3. The minimum atomic E-state index is -4.60. The van der Waals surface area contributed by atoms with E-state index in [9.17, 15) is 41.7 Å². The van der Waals surface area contributed by atoms with Gasteiger partial charge in [-0.15, -0.1) is 5.10 Å². The van der Waals surface area contributed by atoms with Gasteiger partial charge in [0.15, 0.2) is 29.0 Å². The first-order valence-electron chi connectivity index (χ1n) is 11.3. The third kappa shape index (κ3) is 5.68. The zero-order chi connectivity index (χ0) is 29.5. The van der Waals surface area contributed by atoms with Gasteiger partial charge in [0.1, 0.15) is 30.0 Å². The minimum absolute atomic E-state index is 0.0443. The van der Waals surface area contributed by atoms with Crippen LogP contribution in [0.4, 0.5) is 13.2 Å². The number of nitrogens with zero attached hydrogens (tertiary/aromatic N) is 3. The van der Waals surface area contributed by atoms with Crippen molar-refractivity contribution in [3.05, 3.63) is 64.0 Å². The Bertz CT molecular complexity index is 1520. The van der Waals surface area contributed by atoms with Crippen molar-refractivity contribution in [2.75, 3.05) is 6.61 Å². The standard InChI is InChI=1S/C23H20Cl2F3N3O8S/c1-9(22(34)35)38-21-19(31-7-16(29-30-31)10-4-14(26)18(28)15(27)5-10)20(33)17(8-32)39-23(21)40(36,37)11-2-3-12(24)13(25)6-11/h2-7,9,17,19-21,23,32-33H,8H2,1H3,(H,34,35)/t9?,17-,19+,20+,21-,23-/m1/s1. The fraction of sp³-hybridized carbons (Fsp3) is 0.348. The van der Waals surface area contributed by atoms with E-state index in [0.29, 0.717) is 12.1 Å². The number of hydrogen-bond acceptors (Lipinski definition) is 9. The molecular weight excluding hydrogens is 606 g/mol. The molecule has 6 atom stereocenters. The third-order valence-electron chi connectivity index (χ3n) is 6.15. The molecule has 40 heavy (non-hydrogen) atoms. The van der Waals surface area contributed by atoms with Gasteiger partial charge in [0.25, 0.3) is 0 Å². The average Bonchev–Trinajstić information content (AvgIpc) is 3.38. The van der Waals surface area contributed by atoms with Crippen molar-refractivity contribution in [2.24, 2.45) is 0 Å². The number of sulfone groups is 1. The van der Waals surface area contributed by atoms with E-state index >= 15 is 0 Å². The number of aliphatic hydroxyl groups excluding tert-OH is 2. The highest BCUT2D eigenvalue weighted by Gasteiger charge is 2.53. The molecule has 3 N–H and O–H groups in total. The van der Waals surface area contributed by atoms with Gasteiger partial charge in [0.2, 0.25) is 9.84 Å². The molecule has 1 fully saturated rings. The van der Waals surface area contributed by atoms with E-state index in [0.717, 1.165) is 29.9 Å². The Morgan fingerprint density at radius 2 is 1.82 bits per heavy atom. The first kappa shape index (κ1) is 30.2. The van der Waals surface area contributed by atoms with Gasteiger partial charge in [0, 0.05) is 5.56 Å². The lowest BCUT2D eigenvalue weighted by Gasteiger charge is -2.44. The van der Waals surface area contributed by atoms with E-state index in [1.54, 1.807) is 0 Å². The maximum Gasteiger partial charge on any atom is 0.332 e. The Morgan fingerprint density at radius 3 is 2.40 bits per heavy atom. The monoisotopic (exact) mass is 625 g/mol. The molecule has 1 unspecified atom stereocenters. The summed E-state index contributed by atoms with van der Waals surface area (Å²) >= 11 is 11.9. The van der Waals surface area contributed by atoms with Crippen LogP contribution in [0.5, 0.6) is 0 Å². The van der Waals surface area contributed by atoms with Crippen molar-refractivity contribution in [1.82, 2.24) is 15.0 Å². The molecule has 2 heterocycles. The number of rotatable bonds is 8. The third-order valence-corrected chi connectivity index (χ3v) is 8.80. The predicted octanol–water partition coefficient (Wildman–Crippen LogP) is 2.62. The Balaban J connectivity index is 1.84. The van der Waals surface area contributed by atoms with Crippen LogP contribution >= 0.6 is 23.2 Å². The quantitative estimate of drug-likeness (QED) is 0.317. The van der Waals surface area contributed by atoms with Gasteiger partial charge in [0.05, 0.1) is 27.7 Å². The normalized spacial score (nSPS) is 24.1. The summed E-state index contributed by atoms with van der Waals surface area (Å²) in [5, 5.41) is 37.8. The summed E-state index contributed by atoms with van der Waals surface area (Å²) in [6.07, 6.45) is -5.71. The van der Waals surface area contributed by atoms with Crippen molar-refractivity contribution >= 4 is 39.0 Å². The van der Waals surface area contributed by atoms with Crippen LogP contribution in [0.25, 0.3) is 11.3 Å². The van der Waals surface area contributed by atoms with Gasteiger partial charge >= 0.3 is 5.97 Å². The molecule has 3 aromatic rings. The van der Waals surface area contributed by atoms with Crippen LogP contribution in [0.15, 0.2) is 41.4 Å². The largest absolute Gasteiger partial charge is 0.479 e. The minimum Gasteiger partial charge on any atom is -0.479 e. The highest BCUT2D eigenvalue weighted by atomic mass is 35.5. The molecule has 216 valence electrons. The summed E-state index contributed by atoms with van der Waals surface area (Å²) in [6.45, 7) is 0.214. The molecule has 0 aliphatic carbocycles. The Labute approximate surface area is 234 Å². The molecule has 4 rings (SSSR count). The smallest absolute Gasteiger partial charge is 0.332 e. The molecule has 0 spiro atoms. The molecule has 2 aromatic carbocycles. The highest BCUT2D eigenvalue weighted by molar-refractivity contribution is 7.92. The molecule has 11 nitrogen and oxygen atoms in total. The van der Waals surface area contributed by atoms with Gasteiger partial charge in [-0.25, -0.2) is 31.1 Å². The molecule has 17 heteroatoms. The number of ether oxygens (including phenoxy) is 2. The maximum absolute atomic E-state index is 13.8. The van der Waals surface area contributed by atoms with Crippen LogP contribution in [0.3, 0.4) is 0 Å². The Kier molecular flexibility index (Phi) is 8.75. The number of carboxylic acids is 1. The molecule has 0 amide bonds. The van der Waals surface area contributed by atoms with Crippen molar-refractivity contribution in [2.45, 2.75) is 47.7 Å². The van der Waals surface area contributed by atoms with Crippen LogP contribution < -0.4 is 0 Å². The number of carbonyl (C=O) groups is 1. The second kappa shape index (κ2) is 11.6. The van der Waals surface area contributed by atoms with Crippen molar-refractivity contribution < 1.29 is 51.2 Å². The molecule has 0 bridgehead atoms. The van der Waals surface area contributed by atoms with E-state index in [4.69, 9.17) is 32.7 Å². The predicted molar refractivity (Wildman–Crippen MR) is 132 cm³/mol. The van der Waals surface area contributed by atoms with Crippen LogP contribution in [0.2, 0.25) is 10.0 Å². The average molecular weight is 626 g/mol. The summed E-state index contributed by atoms with van der Waals surface area (Å²) in [7, 11) is -4.60. The summed E-state index contributed by atoms with van der Waals surface area (Å²) in [5.41, 5.74) is -2.50. The van der Waals surface area contributed by atoms with Gasteiger partial charge in [-0.3, -0.25) is 0 Å². The maximum atomic E-state index is 13.8. The van der Waals surface area contributed by atoms with E-state index in [1.165, 1.54) is 6.07 Å². The molecule has 1 saturated heterocycles. The van der Waals surface area contributed by atoms with Gasteiger partial charge < -0.3 is 24.8 Å². The second-order valence-corrected chi connectivity index (χ2v) is 11.6. The van der Waals surface area contributed by atoms with Crippen molar-refractivity contribution in [1.29, 1.82) is 0 Å². The van der Waals surface area contributed by atoms with Gasteiger partial charge in [-0.05, 0) is 37.3 Å². The van der Waals surface area contributed by atoms with Crippen LogP contribution in [0.1, 0.15) is 13.0 Å². The first-order chi connectivity index (χ1) is 18.8. The van der Waals surface area contributed by atoms with Crippen LogP contribution in [-0.2, 0) is 24.1 Å².